The molecule has 0 radical (unpaired) electrons. The number of nitrogens with zero attached hydrogens (tertiary/aromatic N) is 3. The maximum absolute atomic E-state index is 12.2. The van der Waals surface area contributed by atoms with E-state index in [1.54, 1.807) is 12.1 Å². The quantitative estimate of drug-likeness (QED) is 0.647. The van der Waals surface area contributed by atoms with Crippen LogP contribution >= 0.6 is 0 Å². The van der Waals surface area contributed by atoms with Crippen LogP contribution in [-0.4, -0.2) is 58.5 Å². The third-order valence-corrected chi connectivity index (χ3v) is 5.57. The van der Waals surface area contributed by atoms with Crippen LogP contribution in [0.3, 0.4) is 0 Å². The van der Waals surface area contributed by atoms with Crippen molar-refractivity contribution in [1.29, 1.82) is 0 Å². The highest BCUT2D eigenvalue weighted by Gasteiger charge is 2.49. The number of aryl methyl sites for hydroxylation is 1. The fraction of sp³-hybridized carbons (Fsp3) is 0.429. The molecular weight excluding hydrogens is 372 g/mol. The van der Waals surface area contributed by atoms with Gasteiger partial charge in [-0.25, -0.2) is 0 Å². The van der Waals surface area contributed by atoms with Crippen molar-refractivity contribution in [1.82, 2.24) is 15.5 Å². The van der Waals surface area contributed by atoms with E-state index in [1.807, 2.05) is 35.2 Å². The number of benzene rings is 1. The van der Waals surface area contributed by atoms with Crippen molar-refractivity contribution >= 4 is 17.7 Å². The first-order valence-electron chi connectivity index (χ1n) is 9.72. The van der Waals surface area contributed by atoms with Gasteiger partial charge < -0.3 is 20.4 Å². The van der Waals surface area contributed by atoms with Crippen molar-refractivity contribution in [3.05, 3.63) is 53.7 Å². The maximum Gasteiger partial charge on any atom is 0.314 e. The van der Waals surface area contributed by atoms with Gasteiger partial charge in [0.2, 0.25) is 0 Å². The molecule has 1 fully saturated rings. The first kappa shape index (κ1) is 20.7. The number of aliphatic hydroxyl groups excluding tert-OH is 1. The van der Waals surface area contributed by atoms with Crippen LogP contribution in [0.15, 0.2) is 42.5 Å². The summed E-state index contributed by atoms with van der Waals surface area (Å²) in [6.07, 6.45) is 1.17. The summed E-state index contributed by atoms with van der Waals surface area (Å²) < 4.78 is 0. The molecule has 0 unspecified atom stereocenters. The van der Waals surface area contributed by atoms with E-state index in [-0.39, 0.29) is 18.1 Å². The molecule has 1 aromatic heterocycles. The van der Waals surface area contributed by atoms with E-state index in [0.717, 1.165) is 12.0 Å². The summed E-state index contributed by atoms with van der Waals surface area (Å²) in [5, 5.41) is 31.1. The van der Waals surface area contributed by atoms with Crippen LogP contribution in [0.2, 0.25) is 0 Å². The number of aliphatic carboxylic acids is 1. The molecule has 3 rings (SSSR count). The number of hydrogen-bond acceptors (Lipinski definition) is 6. The Balaban J connectivity index is 1.74. The predicted molar refractivity (Wildman–Crippen MR) is 108 cm³/mol. The van der Waals surface area contributed by atoms with Crippen molar-refractivity contribution in [2.45, 2.75) is 31.8 Å². The van der Waals surface area contributed by atoms with Crippen molar-refractivity contribution in [3.63, 3.8) is 0 Å². The molecule has 2 aromatic rings. The van der Waals surface area contributed by atoms with E-state index >= 15 is 0 Å². The minimum Gasteiger partial charge on any atom is -0.481 e. The Hall–Kier alpha value is -3.00. The zero-order chi connectivity index (χ0) is 20.9. The summed E-state index contributed by atoms with van der Waals surface area (Å²) in [5.74, 6) is -0.838. The Kier molecular flexibility index (Phi) is 6.43. The van der Waals surface area contributed by atoms with E-state index < -0.39 is 17.5 Å². The van der Waals surface area contributed by atoms with Crippen molar-refractivity contribution in [3.8, 4) is 0 Å². The number of anilines is 1. The number of carboxylic acid groups (broad SMARTS) is 1. The summed E-state index contributed by atoms with van der Waals surface area (Å²) in [7, 11) is 1.51. The smallest absolute Gasteiger partial charge is 0.314 e. The molecule has 0 bridgehead atoms. The van der Waals surface area contributed by atoms with Crippen LogP contribution in [0.5, 0.6) is 0 Å². The largest absolute Gasteiger partial charge is 0.481 e. The molecule has 0 saturated carbocycles. The van der Waals surface area contributed by atoms with Gasteiger partial charge in [-0.3, -0.25) is 9.59 Å². The summed E-state index contributed by atoms with van der Waals surface area (Å²) in [6.45, 7) is 0.620. The molecule has 1 aliphatic heterocycles. The zero-order valence-corrected chi connectivity index (χ0v) is 16.4. The molecule has 0 spiro atoms. The number of amides is 1. The molecule has 1 saturated heterocycles. The Morgan fingerprint density at radius 2 is 1.97 bits per heavy atom. The van der Waals surface area contributed by atoms with E-state index in [0.29, 0.717) is 31.6 Å². The predicted octanol–water partition coefficient (Wildman–Crippen LogP) is 1.50. The van der Waals surface area contributed by atoms with Gasteiger partial charge in [-0.2, -0.15) is 0 Å². The topological polar surface area (TPSA) is 116 Å². The number of carbonyl (C=O) groups is 2. The molecule has 2 atom stereocenters. The number of carboxylic acids is 1. The lowest BCUT2D eigenvalue weighted by atomic mass is 9.73. The SMILES string of the molecule is CNC(=O)c1ccc(N2CC[C@H](O)[C@](CCCc3ccccc3)(C(=O)O)C2)nn1. The van der Waals surface area contributed by atoms with Crippen LogP contribution in [0.4, 0.5) is 5.82 Å². The minimum atomic E-state index is -1.27. The van der Waals surface area contributed by atoms with Crippen LogP contribution in [-0.2, 0) is 11.2 Å². The fourth-order valence-corrected chi connectivity index (χ4v) is 3.83. The fourth-order valence-electron chi connectivity index (χ4n) is 3.83. The van der Waals surface area contributed by atoms with Gasteiger partial charge in [0.05, 0.1) is 6.10 Å². The Morgan fingerprint density at radius 1 is 1.21 bits per heavy atom. The molecule has 3 N–H and O–H groups in total. The molecule has 1 amide bonds. The Labute approximate surface area is 169 Å². The lowest BCUT2D eigenvalue weighted by Crippen LogP contribution is -2.56. The monoisotopic (exact) mass is 398 g/mol. The van der Waals surface area contributed by atoms with E-state index in [4.69, 9.17) is 0 Å². The number of aliphatic hydroxyl groups is 1. The van der Waals surface area contributed by atoms with Crippen LogP contribution in [0.1, 0.15) is 35.3 Å². The first-order chi connectivity index (χ1) is 14.0. The highest BCUT2D eigenvalue weighted by atomic mass is 16.4. The van der Waals surface area contributed by atoms with Gasteiger partial charge in [0.1, 0.15) is 5.41 Å². The van der Waals surface area contributed by atoms with Crippen molar-refractivity contribution < 1.29 is 19.8 Å². The molecule has 8 nitrogen and oxygen atoms in total. The minimum absolute atomic E-state index is 0.145. The van der Waals surface area contributed by atoms with E-state index in [1.165, 1.54) is 7.05 Å². The third-order valence-electron chi connectivity index (χ3n) is 5.57. The second kappa shape index (κ2) is 9.00. The van der Waals surface area contributed by atoms with Gasteiger partial charge in [0.25, 0.3) is 5.91 Å². The van der Waals surface area contributed by atoms with Gasteiger partial charge in [-0.1, -0.05) is 30.3 Å². The maximum atomic E-state index is 12.2. The third kappa shape index (κ3) is 4.54. The van der Waals surface area contributed by atoms with Gasteiger partial charge in [-0.05, 0) is 43.4 Å². The van der Waals surface area contributed by atoms with Gasteiger partial charge in [-0.15, -0.1) is 10.2 Å². The van der Waals surface area contributed by atoms with Gasteiger partial charge in [0, 0.05) is 20.1 Å². The number of aromatic nitrogens is 2. The molecule has 1 aromatic carbocycles. The molecule has 0 aliphatic carbocycles. The number of hydrogen-bond donors (Lipinski definition) is 3. The van der Waals surface area contributed by atoms with E-state index in [2.05, 4.69) is 15.5 Å². The highest BCUT2D eigenvalue weighted by molar-refractivity contribution is 5.91. The summed E-state index contributed by atoms with van der Waals surface area (Å²) >= 11 is 0. The average Bonchev–Trinajstić information content (AvgIpc) is 2.75. The molecule has 8 heteroatoms. The van der Waals surface area contributed by atoms with Gasteiger partial charge in [0.15, 0.2) is 11.5 Å². The molecule has 29 heavy (non-hydrogen) atoms. The molecule has 2 heterocycles. The number of carbonyl (C=O) groups excluding carboxylic acids is 1. The molecule has 154 valence electrons. The number of rotatable bonds is 7. The standard InChI is InChI=1S/C21H26N4O4/c1-22-19(27)16-9-10-18(24-23-16)25-13-11-17(26)21(14-25,20(28)29)12-5-8-15-6-3-2-4-7-15/h2-4,6-7,9-10,17,26H,5,8,11-14H2,1H3,(H,22,27)(H,28,29)/t17-,21+/m0/s1. The first-order valence-corrected chi connectivity index (χ1v) is 9.72. The normalized spacial score (nSPS) is 21.6. The highest BCUT2D eigenvalue weighted by Crippen LogP contribution is 2.37. The van der Waals surface area contributed by atoms with Gasteiger partial charge >= 0.3 is 5.97 Å². The zero-order valence-electron chi connectivity index (χ0n) is 16.4. The Morgan fingerprint density at radius 3 is 2.59 bits per heavy atom. The summed E-state index contributed by atoms with van der Waals surface area (Å²) in [5.41, 5.74) is 0.0697. The van der Waals surface area contributed by atoms with Crippen LogP contribution in [0, 0.1) is 5.41 Å². The van der Waals surface area contributed by atoms with Crippen molar-refractivity contribution in [2.24, 2.45) is 5.41 Å². The van der Waals surface area contributed by atoms with E-state index in [9.17, 15) is 19.8 Å². The lowest BCUT2D eigenvalue weighted by molar-refractivity contribution is -0.158. The number of piperidine rings is 1. The molecule has 1 aliphatic rings. The molecular formula is C21H26N4O4. The lowest BCUT2D eigenvalue weighted by Gasteiger charge is -2.43. The van der Waals surface area contributed by atoms with Crippen LogP contribution in [0.25, 0.3) is 0 Å². The second-order valence-electron chi connectivity index (χ2n) is 7.38. The summed E-state index contributed by atoms with van der Waals surface area (Å²) in [4.78, 5) is 25.7. The van der Waals surface area contributed by atoms with Crippen LogP contribution < -0.4 is 10.2 Å². The summed E-state index contributed by atoms with van der Waals surface area (Å²) in [6, 6.07) is 13.1. The Bertz CT molecular complexity index is 844. The number of nitrogens with one attached hydrogen (secondary N) is 1. The van der Waals surface area contributed by atoms with Crippen molar-refractivity contribution in [2.75, 3.05) is 25.0 Å². The average molecular weight is 398 g/mol. The second-order valence-corrected chi connectivity index (χ2v) is 7.38.